The van der Waals surface area contributed by atoms with Gasteiger partial charge in [0.15, 0.2) is 17.3 Å². The van der Waals surface area contributed by atoms with E-state index in [1.165, 1.54) is 0 Å². The number of aliphatic hydroxyl groups excluding tert-OH is 1. The number of rotatable bonds is 5. The van der Waals surface area contributed by atoms with Gasteiger partial charge in [0, 0.05) is 6.42 Å². The van der Waals surface area contributed by atoms with Gasteiger partial charge in [0.25, 0.3) is 0 Å². The molecule has 0 unspecified atom stereocenters. The van der Waals surface area contributed by atoms with Gasteiger partial charge in [-0.25, -0.2) is 4.98 Å². The molecular formula is C19H17N3O3. The summed E-state index contributed by atoms with van der Waals surface area (Å²) >= 11 is 0. The molecule has 25 heavy (non-hydrogen) atoms. The molecule has 2 aromatic carbocycles. The van der Waals surface area contributed by atoms with E-state index >= 15 is 0 Å². The van der Waals surface area contributed by atoms with Crippen molar-refractivity contribution in [2.24, 2.45) is 0 Å². The number of methoxy groups -OCH3 is 2. The predicted octanol–water partition coefficient (Wildman–Crippen LogP) is 3.62. The number of H-pyrrole nitrogens is 1. The molecule has 126 valence electrons. The number of imidazole rings is 1. The molecule has 6 heteroatoms. The number of hydrogen-bond acceptors (Lipinski definition) is 5. The summed E-state index contributed by atoms with van der Waals surface area (Å²) < 4.78 is 10.5. The predicted molar refractivity (Wildman–Crippen MR) is 94.5 cm³/mol. The Bertz CT molecular complexity index is 950. The number of allylic oxidation sites excluding steroid dienone is 2. The summed E-state index contributed by atoms with van der Waals surface area (Å²) in [5, 5.41) is 19.9. The van der Waals surface area contributed by atoms with E-state index in [-0.39, 0.29) is 17.8 Å². The van der Waals surface area contributed by atoms with E-state index in [1.807, 2.05) is 36.4 Å². The minimum atomic E-state index is -0.0613. The highest BCUT2D eigenvalue weighted by Crippen LogP contribution is 2.29. The Labute approximate surface area is 145 Å². The molecule has 3 aromatic rings. The SMILES string of the molecule is COc1ccc(C/C(O)=C(\C#N)c2nc3ccccc3[nH]2)cc1OC. The zero-order chi connectivity index (χ0) is 17.8. The van der Waals surface area contributed by atoms with Crippen molar-refractivity contribution in [2.75, 3.05) is 14.2 Å². The molecule has 1 aromatic heterocycles. The van der Waals surface area contributed by atoms with Crippen LogP contribution in [0.5, 0.6) is 11.5 Å². The lowest BCUT2D eigenvalue weighted by molar-refractivity contribution is 0.354. The number of hydrogen-bond donors (Lipinski definition) is 2. The topological polar surface area (TPSA) is 91.2 Å². The lowest BCUT2D eigenvalue weighted by atomic mass is 10.1. The van der Waals surface area contributed by atoms with Gasteiger partial charge in [-0.15, -0.1) is 0 Å². The number of aromatic amines is 1. The summed E-state index contributed by atoms with van der Waals surface area (Å²) in [5.41, 5.74) is 2.46. The average Bonchev–Trinajstić information content (AvgIpc) is 3.05. The van der Waals surface area contributed by atoms with Crippen LogP contribution in [-0.4, -0.2) is 29.3 Å². The van der Waals surface area contributed by atoms with Crippen LogP contribution in [0.1, 0.15) is 11.4 Å². The van der Waals surface area contributed by atoms with E-state index in [4.69, 9.17) is 9.47 Å². The van der Waals surface area contributed by atoms with Crippen molar-refractivity contribution in [3.8, 4) is 17.6 Å². The van der Waals surface area contributed by atoms with Crippen LogP contribution in [0.2, 0.25) is 0 Å². The van der Waals surface area contributed by atoms with Gasteiger partial charge in [0.1, 0.15) is 17.4 Å². The molecule has 0 spiro atoms. The minimum Gasteiger partial charge on any atom is -0.510 e. The van der Waals surface area contributed by atoms with Gasteiger partial charge in [-0.2, -0.15) is 5.26 Å². The van der Waals surface area contributed by atoms with E-state index in [0.717, 1.165) is 16.6 Å². The van der Waals surface area contributed by atoms with Crippen molar-refractivity contribution >= 4 is 16.6 Å². The van der Waals surface area contributed by atoms with E-state index in [9.17, 15) is 10.4 Å². The van der Waals surface area contributed by atoms with Gasteiger partial charge in [-0.1, -0.05) is 18.2 Å². The third kappa shape index (κ3) is 3.26. The van der Waals surface area contributed by atoms with Crippen molar-refractivity contribution in [1.29, 1.82) is 5.26 Å². The summed E-state index contributed by atoms with van der Waals surface area (Å²) in [6.45, 7) is 0. The highest BCUT2D eigenvalue weighted by Gasteiger charge is 2.14. The van der Waals surface area contributed by atoms with Gasteiger partial charge in [-0.05, 0) is 29.8 Å². The van der Waals surface area contributed by atoms with Crippen LogP contribution in [0.15, 0.2) is 48.2 Å². The molecule has 1 heterocycles. The molecule has 0 amide bonds. The number of aliphatic hydroxyl groups is 1. The fraction of sp³-hybridized carbons (Fsp3) is 0.158. The number of benzene rings is 2. The second-order valence-corrected chi connectivity index (χ2v) is 5.40. The zero-order valence-electron chi connectivity index (χ0n) is 13.9. The standard InChI is InChI=1S/C19H17N3O3/c1-24-17-8-7-12(10-18(17)25-2)9-16(23)13(11-20)19-21-14-5-3-4-6-15(14)22-19/h3-8,10,23H,9H2,1-2H3,(H,21,22)/b16-13-. The molecule has 0 bridgehead atoms. The first kappa shape index (κ1) is 16.4. The molecule has 0 atom stereocenters. The summed E-state index contributed by atoms with van der Waals surface area (Å²) in [6, 6.07) is 14.8. The molecule has 0 radical (unpaired) electrons. The smallest absolute Gasteiger partial charge is 0.161 e. The number of nitrogens with zero attached hydrogens (tertiary/aromatic N) is 2. The van der Waals surface area contributed by atoms with Crippen LogP contribution in [0, 0.1) is 11.3 Å². The van der Waals surface area contributed by atoms with Crippen LogP contribution in [-0.2, 0) is 6.42 Å². The fourth-order valence-electron chi connectivity index (χ4n) is 2.60. The summed E-state index contributed by atoms with van der Waals surface area (Å²) in [6.07, 6.45) is 0.181. The van der Waals surface area contributed by atoms with Gasteiger partial charge in [-0.3, -0.25) is 0 Å². The highest BCUT2D eigenvalue weighted by atomic mass is 16.5. The molecule has 3 rings (SSSR count). The van der Waals surface area contributed by atoms with Crippen molar-refractivity contribution in [1.82, 2.24) is 9.97 Å². The summed E-state index contributed by atoms with van der Waals surface area (Å²) in [7, 11) is 3.11. The molecular weight excluding hydrogens is 318 g/mol. The van der Waals surface area contributed by atoms with Crippen molar-refractivity contribution < 1.29 is 14.6 Å². The normalized spacial score (nSPS) is 11.7. The van der Waals surface area contributed by atoms with Crippen molar-refractivity contribution in [3.63, 3.8) is 0 Å². The highest BCUT2D eigenvalue weighted by molar-refractivity contribution is 5.82. The Balaban J connectivity index is 1.95. The molecule has 0 saturated carbocycles. The van der Waals surface area contributed by atoms with E-state index in [2.05, 4.69) is 9.97 Å². The van der Waals surface area contributed by atoms with E-state index in [1.54, 1.807) is 26.4 Å². The fourth-order valence-corrected chi connectivity index (χ4v) is 2.60. The number of para-hydroxylation sites is 2. The summed E-state index contributed by atoms with van der Waals surface area (Å²) in [5.74, 6) is 1.46. The van der Waals surface area contributed by atoms with Gasteiger partial charge < -0.3 is 19.6 Å². The van der Waals surface area contributed by atoms with Gasteiger partial charge in [0.2, 0.25) is 0 Å². The minimum absolute atomic E-state index is 0.0613. The number of nitriles is 1. The third-order valence-corrected chi connectivity index (χ3v) is 3.85. The molecule has 0 aliphatic carbocycles. The van der Waals surface area contributed by atoms with Crippen LogP contribution >= 0.6 is 0 Å². The number of fused-ring (bicyclic) bond motifs is 1. The lowest BCUT2D eigenvalue weighted by Gasteiger charge is -2.09. The van der Waals surface area contributed by atoms with Crippen LogP contribution in [0.3, 0.4) is 0 Å². The Morgan fingerprint density at radius 2 is 1.92 bits per heavy atom. The first-order valence-electron chi connectivity index (χ1n) is 7.64. The Hall–Kier alpha value is -3.46. The molecule has 0 saturated heterocycles. The summed E-state index contributed by atoms with van der Waals surface area (Å²) in [4.78, 5) is 7.42. The third-order valence-electron chi connectivity index (χ3n) is 3.85. The van der Waals surface area contributed by atoms with Gasteiger partial charge >= 0.3 is 0 Å². The Kier molecular flexibility index (Phi) is 4.57. The first-order valence-corrected chi connectivity index (χ1v) is 7.64. The largest absolute Gasteiger partial charge is 0.510 e. The van der Waals surface area contributed by atoms with Crippen LogP contribution in [0.25, 0.3) is 16.6 Å². The van der Waals surface area contributed by atoms with Crippen molar-refractivity contribution in [3.05, 3.63) is 59.6 Å². The van der Waals surface area contributed by atoms with Gasteiger partial charge in [0.05, 0.1) is 25.3 Å². The molecule has 0 fully saturated rings. The lowest BCUT2D eigenvalue weighted by Crippen LogP contribution is -1.98. The second-order valence-electron chi connectivity index (χ2n) is 5.40. The maximum absolute atomic E-state index is 10.5. The molecule has 0 aliphatic heterocycles. The second kappa shape index (κ2) is 6.97. The number of ether oxygens (including phenoxy) is 2. The zero-order valence-corrected chi connectivity index (χ0v) is 13.9. The monoisotopic (exact) mass is 335 g/mol. The molecule has 2 N–H and O–H groups in total. The maximum atomic E-state index is 10.5. The average molecular weight is 335 g/mol. The number of nitrogens with one attached hydrogen (secondary N) is 1. The quantitative estimate of drug-likeness (QED) is 0.549. The Morgan fingerprint density at radius 3 is 2.60 bits per heavy atom. The Morgan fingerprint density at radius 1 is 1.16 bits per heavy atom. The maximum Gasteiger partial charge on any atom is 0.161 e. The number of aromatic nitrogens is 2. The molecule has 6 nitrogen and oxygen atoms in total. The first-order chi connectivity index (χ1) is 12.2. The molecule has 0 aliphatic rings. The van der Waals surface area contributed by atoms with E-state index in [0.29, 0.717) is 17.3 Å². The van der Waals surface area contributed by atoms with Crippen LogP contribution < -0.4 is 9.47 Å². The van der Waals surface area contributed by atoms with Crippen molar-refractivity contribution in [2.45, 2.75) is 6.42 Å². The van der Waals surface area contributed by atoms with E-state index < -0.39 is 0 Å². The van der Waals surface area contributed by atoms with Crippen LogP contribution in [0.4, 0.5) is 0 Å².